The maximum Gasteiger partial charge on any atom is 0.244 e. The predicted molar refractivity (Wildman–Crippen MR) is 135 cm³/mol. The van der Waals surface area contributed by atoms with Crippen molar-refractivity contribution in [2.75, 3.05) is 24.2 Å². The Morgan fingerprint density at radius 3 is 2.21 bits per heavy atom. The predicted octanol–water partition coefficient (Wildman–Crippen LogP) is 3.71. The summed E-state index contributed by atoms with van der Waals surface area (Å²) in [4.78, 5) is 27.5. The lowest BCUT2D eigenvalue weighted by atomic mass is 10.1. The second kappa shape index (κ2) is 11.8. The van der Waals surface area contributed by atoms with Gasteiger partial charge in [-0.1, -0.05) is 41.4 Å². The van der Waals surface area contributed by atoms with Crippen LogP contribution in [0.15, 0.2) is 42.5 Å². The zero-order valence-electron chi connectivity index (χ0n) is 19.7. The van der Waals surface area contributed by atoms with E-state index in [1.165, 1.54) is 17.0 Å². The summed E-state index contributed by atoms with van der Waals surface area (Å²) in [5.41, 5.74) is 0.818. The third-order valence-corrected chi connectivity index (χ3v) is 6.92. The summed E-state index contributed by atoms with van der Waals surface area (Å²) < 4.78 is 31.2. The molecule has 0 aliphatic heterocycles. The standard InChI is InChI=1S/C23H29Cl2N3O5S/c1-15(2)26-23(30)16(3)27(13-17-9-11-18(33-4)12-10-17)21(29)14-28(34(5,31)32)20-8-6-7-19(24)22(20)25/h6-12,15-16H,13-14H2,1-5H3,(H,26,30)/t16-/m0/s1. The van der Waals surface area contributed by atoms with Crippen molar-refractivity contribution in [3.8, 4) is 5.75 Å². The van der Waals surface area contributed by atoms with Gasteiger partial charge in [0.25, 0.3) is 0 Å². The van der Waals surface area contributed by atoms with E-state index in [4.69, 9.17) is 27.9 Å². The maximum absolute atomic E-state index is 13.5. The number of benzene rings is 2. The molecule has 0 unspecified atom stereocenters. The van der Waals surface area contributed by atoms with Crippen LogP contribution in [0.1, 0.15) is 26.3 Å². The van der Waals surface area contributed by atoms with Gasteiger partial charge in [0.15, 0.2) is 0 Å². The number of carbonyl (C=O) groups is 2. The Kier molecular flexibility index (Phi) is 9.61. The van der Waals surface area contributed by atoms with Crippen molar-refractivity contribution >= 4 is 50.7 Å². The van der Waals surface area contributed by atoms with E-state index in [0.29, 0.717) is 5.75 Å². The van der Waals surface area contributed by atoms with Gasteiger partial charge in [-0.15, -0.1) is 0 Å². The van der Waals surface area contributed by atoms with Crippen LogP contribution in [0.2, 0.25) is 10.0 Å². The Hall–Kier alpha value is -2.49. The van der Waals surface area contributed by atoms with E-state index >= 15 is 0 Å². The van der Waals surface area contributed by atoms with E-state index in [0.717, 1.165) is 16.1 Å². The van der Waals surface area contributed by atoms with Gasteiger partial charge < -0.3 is 15.0 Å². The number of hydrogen-bond donors (Lipinski definition) is 1. The molecule has 2 amide bonds. The Morgan fingerprint density at radius 2 is 1.68 bits per heavy atom. The number of ether oxygens (including phenoxy) is 1. The molecule has 34 heavy (non-hydrogen) atoms. The summed E-state index contributed by atoms with van der Waals surface area (Å²) in [7, 11) is -2.36. The molecular weight excluding hydrogens is 501 g/mol. The van der Waals surface area contributed by atoms with Gasteiger partial charge in [0.05, 0.1) is 29.1 Å². The highest BCUT2D eigenvalue weighted by Crippen LogP contribution is 2.33. The topological polar surface area (TPSA) is 96.0 Å². The molecule has 0 radical (unpaired) electrons. The summed E-state index contributed by atoms with van der Waals surface area (Å²) in [6, 6.07) is 10.5. The number of sulfonamides is 1. The van der Waals surface area contributed by atoms with Crippen LogP contribution in [0, 0.1) is 0 Å². The highest BCUT2D eigenvalue weighted by atomic mass is 35.5. The molecule has 186 valence electrons. The molecule has 1 atom stereocenters. The molecule has 11 heteroatoms. The zero-order valence-corrected chi connectivity index (χ0v) is 22.0. The van der Waals surface area contributed by atoms with Crippen LogP contribution in [-0.2, 0) is 26.2 Å². The first kappa shape index (κ1) is 27.8. The Morgan fingerprint density at radius 1 is 1.06 bits per heavy atom. The van der Waals surface area contributed by atoms with Gasteiger partial charge in [0, 0.05) is 12.6 Å². The number of halogens is 2. The first-order valence-electron chi connectivity index (χ1n) is 10.5. The molecule has 8 nitrogen and oxygen atoms in total. The van der Waals surface area contributed by atoms with Crippen molar-refractivity contribution in [2.45, 2.75) is 39.4 Å². The molecule has 0 aliphatic rings. The summed E-state index contributed by atoms with van der Waals surface area (Å²) >= 11 is 12.3. The molecule has 2 rings (SSSR count). The minimum Gasteiger partial charge on any atom is -0.497 e. The fraction of sp³-hybridized carbons (Fsp3) is 0.391. The minimum atomic E-state index is -3.91. The number of methoxy groups -OCH3 is 1. The number of anilines is 1. The number of nitrogens with zero attached hydrogens (tertiary/aromatic N) is 2. The average molecular weight is 530 g/mol. The van der Waals surface area contributed by atoms with Gasteiger partial charge >= 0.3 is 0 Å². The smallest absolute Gasteiger partial charge is 0.244 e. The summed E-state index contributed by atoms with van der Waals surface area (Å²) in [6.45, 7) is 4.74. The summed E-state index contributed by atoms with van der Waals surface area (Å²) in [6.07, 6.45) is 0.972. The van der Waals surface area contributed by atoms with Crippen molar-refractivity contribution in [3.63, 3.8) is 0 Å². The van der Waals surface area contributed by atoms with Crippen molar-refractivity contribution < 1.29 is 22.7 Å². The van der Waals surface area contributed by atoms with Crippen LogP contribution in [0.3, 0.4) is 0 Å². The lowest BCUT2D eigenvalue weighted by Gasteiger charge is -2.32. The van der Waals surface area contributed by atoms with Crippen LogP contribution in [0.5, 0.6) is 5.75 Å². The van der Waals surface area contributed by atoms with Gasteiger partial charge in [0.2, 0.25) is 21.8 Å². The van der Waals surface area contributed by atoms with Crippen molar-refractivity contribution in [1.82, 2.24) is 10.2 Å². The van der Waals surface area contributed by atoms with E-state index in [9.17, 15) is 18.0 Å². The maximum atomic E-state index is 13.5. The molecule has 1 N–H and O–H groups in total. The number of nitrogens with one attached hydrogen (secondary N) is 1. The van der Waals surface area contributed by atoms with Crippen molar-refractivity contribution in [1.29, 1.82) is 0 Å². The van der Waals surface area contributed by atoms with Gasteiger partial charge in [-0.3, -0.25) is 13.9 Å². The lowest BCUT2D eigenvalue weighted by molar-refractivity contribution is -0.139. The lowest BCUT2D eigenvalue weighted by Crippen LogP contribution is -2.52. The molecule has 2 aromatic rings. The number of hydrogen-bond acceptors (Lipinski definition) is 5. The number of rotatable bonds is 10. The average Bonchev–Trinajstić information content (AvgIpc) is 2.76. The molecule has 0 aliphatic carbocycles. The van der Waals surface area contributed by atoms with E-state index in [-0.39, 0.29) is 34.2 Å². The van der Waals surface area contributed by atoms with Crippen molar-refractivity contribution in [2.24, 2.45) is 0 Å². The fourth-order valence-electron chi connectivity index (χ4n) is 3.20. The number of carbonyl (C=O) groups excluding carboxylic acids is 2. The molecule has 0 fully saturated rings. The SMILES string of the molecule is COc1ccc(CN(C(=O)CN(c2cccc(Cl)c2Cl)S(C)(=O)=O)[C@@H](C)C(=O)NC(C)C)cc1. The third-order valence-electron chi connectivity index (χ3n) is 4.99. The molecule has 0 saturated carbocycles. The molecule has 0 aromatic heterocycles. The van der Waals surface area contributed by atoms with E-state index in [2.05, 4.69) is 5.32 Å². The minimum absolute atomic E-state index is 0.00898. The molecule has 2 aromatic carbocycles. The molecule has 0 bridgehead atoms. The highest BCUT2D eigenvalue weighted by Gasteiger charge is 2.31. The quantitative estimate of drug-likeness (QED) is 0.506. The first-order valence-corrected chi connectivity index (χ1v) is 13.1. The summed E-state index contributed by atoms with van der Waals surface area (Å²) in [5.74, 6) is -0.293. The Balaban J connectivity index is 2.42. The second-order valence-electron chi connectivity index (χ2n) is 8.05. The van der Waals surface area contributed by atoms with Gasteiger partial charge in [-0.25, -0.2) is 8.42 Å². The van der Waals surface area contributed by atoms with Crippen LogP contribution < -0.4 is 14.4 Å². The van der Waals surface area contributed by atoms with E-state index in [1.54, 1.807) is 44.4 Å². The molecule has 0 spiro atoms. The van der Waals surface area contributed by atoms with Gasteiger partial charge in [-0.05, 0) is 50.6 Å². The van der Waals surface area contributed by atoms with Gasteiger partial charge in [0.1, 0.15) is 18.3 Å². The van der Waals surface area contributed by atoms with Crippen LogP contribution in [0.4, 0.5) is 5.69 Å². The van der Waals surface area contributed by atoms with Crippen molar-refractivity contribution in [3.05, 3.63) is 58.1 Å². The van der Waals surface area contributed by atoms with Crippen LogP contribution in [-0.4, -0.2) is 57.1 Å². The Labute approximate surface area is 210 Å². The first-order chi connectivity index (χ1) is 15.8. The van der Waals surface area contributed by atoms with E-state index in [1.807, 2.05) is 13.8 Å². The second-order valence-corrected chi connectivity index (χ2v) is 10.7. The fourth-order valence-corrected chi connectivity index (χ4v) is 4.50. The highest BCUT2D eigenvalue weighted by molar-refractivity contribution is 7.92. The normalized spacial score (nSPS) is 12.2. The van der Waals surface area contributed by atoms with Crippen LogP contribution in [0.25, 0.3) is 0 Å². The third kappa shape index (κ3) is 7.25. The van der Waals surface area contributed by atoms with E-state index < -0.39 is 28.5 Å². The van der Waals surface area contributed by atoms with Gasteiger partial charge in [-0.2, -0.15) is 0 Å². The largest absolute Gasteiger partial charge is 0.497 e. The molecule has 0 heterocycles. The molecule has 0 saturated heterocycles. The summed E-state index contributed by atoms with van der Waals surface area (Å²) in [5, 5.41) is 2.95. The number of amides is 2. The zero-order chi connectivity index (χ0) is 25.6. The Bertz CT molecular complexity index is 1120. The monoisotopic (exact) mass is 529 g/mol. The molecular formula is C23H29Cl2N3O5S. The van der Waals surface area contributed by atoms with Crippen LogP contribution >= 0.6 is 23.2 Å².